The number of amides is 1. The van der Waals surface area contributed by atoms with Gasteiger partial charge in [-0.25, -0.2) is 9.59 Å². The van der Waals surface area contributed by atoms with Gasteiger partial charge in [-0.2, -0.15) is 0 Å². The molecule has 0 heterocycles. The lowest BCUT2D eigenvalue weighted by Gasteiger charge is -2.23. The Kier molecular flexibility index (Phi) is 9.08. The Balaban J connectivity index is 1.91. The van der Waals surface area contributed by atoms with Gasteiger partial charge in [-0.15, -0.1) is 0 Å². The van der Waals surface area contributed by atoms with E-state index in [1.54, 1.807) is 20.8 Å². The van der Waals surface area contributed by atoms with Crippen LogP contribution in [0.1, 0.15) is 95.0 Å². The molecular formula is C25H37NO5. The first-order valence-electron chi connectivity index (χ1n) is 11.3. The van der Waals surface area contributed by atoms with Gasteiger partial charge < -0.3 is 14.8 Å². The van der Waals surface area contributed by atoms with Gasteiger partial charge in [0.2, 0.25) is 0 Å². The number of rotatable bonds is 8. The van der Waals surface area contributed by atoms with Gasteiger partial charge in [-0.1, -0.05) is 57.4 Å². The first-order chi connectivity index (χ1) is 14.5. The Labute approximate surface area is 186 Å². The van der Waals surface area contributed by atoms with Crippen LogP contribution in [0.2, 0.25) is 0 Å². The lowest BCUT2D eigenvalue weighted by Crippen LogP contribution is -2.45. The fourth-order valence-corrected chi connectivity index (χ4v) is 3.83. The van der Waals surface area contributed by atoms with Gasteiger partial charge in [0.25, 0.3) is 0 Å². The molecule has 1 N–H and O–H groups in total. The molecule has 1 aromatic rings. The molecule has 6 heteroatoms. The number of benzene rings is 1. The fourth-order valence-electron chi connectivity index (χ4n) is 3.83. The summed E-state index contributed by atoms with van der Waals surface area (Å²) in [5.41, 5.74) is 1.12. The molecule has 31 heavy (non-hydrogen) atoms. The largest absolute Gasteiger partial charge is 0.456 e. The highest BCUT2D eigenvalue weighted by molar-refractivity contribution is 5.98. The van der Waals surface area contributed by atoms with E-state index in [9.17, 15) is 14.4 Å². The van der Waals surface area contributed by atoms with E-state index in [-0.39, 0.29) is 18.3 Å². The second-order valence-corrected chi connectivity index (χ2v) is 9.82. The molecule has 0 spiro atoms. The molecule has 0 bridgehead atoms. The Morgan fingerprint density at radius 2 is 1.65 bits per heavy atom. The summed E-state index contributed by atoms with van der Waals surface area (Å²) < 4.78 is 10.5. The smallest absolute Gasteiger partial charge is 0.408 e. The van der Waals surface area contributed by atoms with Crippen LogP contribution in [0.25, 0.3) is 0 Å². The molecule has 0 saturated heterocycles. The molecule has 1 atom stereocenters. The number of carbonyl (C=O) groups excluding carboxylic acids is 3. The number of alkyl carbamates (subject to hydrolysis) is 1. The molecule has 0 unspecified atom stereocenters. The number of Topliss-reactive ketones (excluding diaryl/α,β-unsaturated/α-hetero) is 1. The van der Waals surface area contributed by atoms with E-state index >= 15 is 0 Å². The normalized spacial score (nSPS) is 15.9. The maximum atomic E-state index is 12.5. The maximum absolute atomic E-state index is 12.5. The number of esters is 1. The summed E-state index contributed by atoms with van der Waals surface area (Å²) in [7, 11) is 0. The number of hydrogen-bond donors (Lipinski definition) is 1. The molecule has 1 amide bonds. The van der Waals surface area contributed by atoms with Crippen molar-refractivity contribution in [2.24, 2.45) is 5.92 Å². The van der Waals surface area contributed by atoms with Gasteiger partial charge in [0, 0.05) is 5.56 Å². The van der Waals surface area contributed by atoms with Crippen molar-refractivity contribution < 1.29 is 23.9 Å². The number of ketones is 1. The van der Waals surface area contributed by atoms with E-state index in [0.29, 0.717) is 17.9 Å². The van der Waals surface area contributed by atoms with Crippen LogP contribution in [0.4, 0.5) is 4.79 Å². The van der Waals surface area contributed by atoms with Crippen molar-refractivity contribution in [1.29, 1.82) is 0 Å². The van der Waals surface area contributed by atoms with E-state index in [0.717, 1.165) is 0 Å². The van der Waals surface area contributed by atoms with Gasteiger partial charge in [0.1, 0.15) is 11.6 Å². The highest BCUT2D eigenvalue weighted by Gasteiger charge is 2.27. The first-order valence-corrected chi connectivity index (χ1v) is 11.3. The van der Waals surface area contributed by atoms with Gasteiger partial charge in [-0.05, 0) is 57.4 Å². The molecule has 6 nitrogen and oxygen atoms in total. The van der Waals surface area contributed by atoms with Crippen LogP contribution in [0.5, 0.6) is 0 Å². The molecular weight excluding hydrogens is 394 g/mol. The SMILES string of the molecule is CC(C)C[C@H](NC(=O)OC(C)(C)C)C(=O)OCC(=O)c1ccc(C2CCCCC2)cc1. The zero-order valence-electron chi connectivity index (χ0n) is 19.5. The zero-order valence-corrected chi connectivity index (χ0v) is 19.5. The highest BCUT2D eigenvalue weighted by Crippen LogP contribution is 2.32. The van der Waals surface area contributed by atoms with E-state index in [1.165, 1.54) is 37.7 Å². The summed E-state index contributed by atoms with van der Waals surface area (Å²) in [4.78, 5) is 37.1. The van der Waals surface area contributed by atoms with Crippen molar-refractivity contribution in [3.05, 3.63) is 35.4 Å². The Morgan fingerprint density at radius 3 is 2.19 bits per heavy atom. The van der Waals surface area contributed by atoms with Crippen molar-refractivity contribution >= 4 is 17.8 Å². The van der Waals surface area contributed by atoms with Crippen LogP contribution in [-0.2, 0) is 14.3 Å². The number of nitrogens with one attached hydrogen (secondary N) is 1. The van der Waals surface area contributed by atoms with Crippen molar-refractivity contribution in [3.63, 3.8) is 0 Å². The zero-order chi connectivity index (χ0) is 23.0. The van der Waals surface area contributed by atoms with Gasteiger partial charge in [0.15, 0.2) is 12.4 Å². The standard InChI is InChI=1S/C25H37NO5/c1-17(2)15-21(26-24(29)31-25(3,4)5)23(28)30-16-22(27)20-13-11-19(12-14-20)18-9-7-6-8-10-18/h11-14,17-18,21H,6-10,15-16H2,1-5H3,(H,26,29)/t21-/m0/s1. The molecule has 1 fully saturated rings. The third-order valence-electron chi connectivity index (χ3n) is 5.34. The van der Waals surface area contributed by atoms with Crippen LogP contribution < -0.4 is 5.32 Å². The molecule has 2 rings (SSSR count). The Hall–Kier alpha value is -2.37. The third-order valence-corrected chi connectivity index (χ3v) is 5.34. The van der Waals surface area contributed by atoms with Crippen molar-refractivity contribution in [3.8, 4) is 0 Å². The Bertz CT molecular complexity index is 742. The fraction of sp³-hybridized carbons (Fsp3) is 0.640. The monoisotopic (exact) mass is 431 g/mol. The minimum Gasteiger partial charge on any atom is -0.456 e. The topological polar surface area (TPSA) is 81.7 Å². The first kappa shape index (κ1) is 24.9. The number of ether oxygens (including phenoxy) is 2. The molecule has 1 aromatic carbocycles. The molecule has 1 aliphatic rings. The van der Waals surface area contributed by atoms with Crippen LogP contribution >= 0.6 is 0 Å². The average Bonchev–Trinajstić information content (AvgIpc) is 2.70. The quantitative estimate of drug-likeness (QED) is 0.440. The van der Waals surface area contributed by atoms with Gasteiger partial charge in [-0.3, -0.25) is 4.79 Å². The van der Waals surface area contributed by atoms with Crippen molar-refractivity contribution in [2.75, 3.05) is 6.61 Å². The minimum atomic E-state index is -0.865. The van der Waals surface area contributed by atoms with Crippen molar-refractivity contribution in [1.82, 2.24) is 5.32 Å². The minimum absolute atomic E-state index is 0.149. The Morgan fingerprint density at radius 1 is 1.03 bits per heavy atom. The molecule has 172 valence electrons. The number of hydrogen-bond acceptors (Lipinski definition) is 5. The molecule has 1 aliphatic carbocycles. The highest BCUT2D eigenvalue weighted by atomic mass is 16.6. The van der Waals surface area contributed by atoms with Crippen molar-refractivity contribution in [2.45, 2.75) is 90.7 Å². The van der Waals surface area contributed by atoms with Gasteiger partial charge >= 0.3 is 12.1 Å². The molecule has 1 saturated carbocycles. The molecule has 0 aromatic heterocycles. The lowest BCUT2D eigenvalue weighted by atomic mass is 9.84. The van der Waals surface area contributed by atoms with Crippen LogP contribution in [0.15, 0.2) is 24.3 Å². The third kappa shape index (κ3) is 8.72. The summed E-state index contributed by atoms with van der Waals surface area (Å²) in [6.45, 7) is 8.78. The maximum Gasteiger partial charge on any atom is 0.408 e. The van der Waals surface area contributed by atoms with Crippen LogP contribution in [0, 0.1) is 5.92 Å². The predicted molar refractivity (Wildman–Crippen MR) is 120 cm³/mol. The van der Waals surface area contributed by atoms with Crippen LogP contribution in [0.3, 0.4) is 0 Å². The summed E-state index contributed by atoms with van der Waals surface area (Å²) in [5.74, 6) is -0.169. The second-order valence-electron chi connectivity index (χ2n) is 9.82. The second kappa shape index (κ2) is 11.3. The van der Waals surface area contributed by atoms with E-state index in [4.69, 9.17) is 9.47 Å². The molecule has 0 aliphatic heterocycles. The summed E-state index contributed by atoms with van der Waals surface area (Å²) in [6, 6.07) is 6.78. The van der Waals surface area contributed by atoms with Gasteiger partial charge in [0.05, 0.1) is 0 Å². The summed E-state index contributed by atoms with van der Waals surface area (Å²) in [6.07, 6.45) is 5.94. The number of carbonyl (C=O) groups is 3. The van der Waals surface area contributed by atoms with E-state index < -0.39 is 23.7 Å². The van der Waals surface area contributed by atoms with E-state index in [1.807, 2.05) is 38.1 Å². The van der Waals surface area contributed by atoms with Crippen LogP contribution in [-0.4, -0.2) is 36.1 Å². The lowest BCUT2D eigenvalue weighted by molar-refractivity contribution is -0.145. The predicted octanol–water partition coefficient (Wildman–Crippen LogP) is 5.40. The van der Waals surface area contributed by atoms with E-state index in [2.05, 4.69) is 5.32 Å². The summed E-state index contributed by atoms with van der Waals surface area (Å²) >= 11 is 0. The average molecular weight is 432 g/mol. The molecule has 0 radical (unpaired) electrons. The summed E-state index contributed by atoms with van der Waals surface area (Å²) in [5, 5.41) is 2.56.